The Kier molecular flexibility index (Phi) is 6.28. The van der Waals surface area contributed by atoms with Gasteiger partial charge in [0.2, 0.25) is 10.0 Å². The van der Waals surface area contributed by atoms with Gasteiger partial charge in [-0.25, -0.2) is 13.1 Å². The van der Waals surface area contributed by atoms with Crippen LogP contribution in [0.4, 0.5) is 0 Å². The molecular weight excluding hydrogens is 252 g/mol. The molecule has 1 aromatic rings. The van der Waals surface area contributed by atoms with E-state index in [1.54, 1.807) is 0 Å². The lowest BCUT2D eigenvalue weighted by Crippen LogP contribution is -2.27. The van der Waals surface area contributed by atoms with E-state index in [0.29, 0.717) is 13.1 Å². The van der Waals surface area contributed by atoms with Gasteiger partial charge < -0.3 is 10.5 Å². The number of benzene rings is 1. The molecule has 0 saturated heterocycles. The summed E-state index contributed by atoms with van der Waals surface area (Å²) >= 11 is 0. The van der Waals surface area contributed by atoms with Crippen molar-refractivity contribution in [2.24, 2.45) is 5.73 Å². The molecule has 0 unspecified atom stereocenters. The third-order valence-corrected chi connectivity index (χ3v) is 3.80. The van der Waals surface area contributed by atoms with Gasteiger partial charge in [-0.05, 0) is 24.1 Å². The Bertz CT molecular complexity index is 443. The van der Waals surface area contributed by atoms with Gasteiger partial charge >= 0.3 is 0 Å². The zero-order valence-corrected chi connectivity index (χ0v) is 11.4. The Hall–Kier alpha value is -0.950. The standard InChI is InChI=1S/C12H20N2O3S/c1-17-8-9-18(15,16)14-10-12-4-2-11(3-5-12)6-7-13/h2-5,14H,6-10,13H2,1H3. The largest absolute Gasteiger partial charge is 0.384 e. The van der Waals surface area contributed by atoms with Gasteiger partial charge in [-0.15, -0.1) is 0 Å². The quantitative estimate of drug-likeness (QED) is 0.711. The lowest BCUT2D eigenvalue weighted by molar-refractivity contribution is 0.217. The highest BCUT2D eigenvalue weighted by Crippen LogP contribution is 2.05. The Morgan fingerprint density at radius 3 is 2.39 bits per heavy atom. The fourth-order valence-electron chi connectivity index (χ4n) is 1.45. The second kappa shape index (κ2) is 7.48. The smallest absolute Gasteiger partial charge is 0.214 e. The summed E-state index contributed by atoms with van der Waals surface area (Å²) in [6.45, 7) is 1.11. The number of hydrogen-bond donors (Lipinski definition) is 2. The molecule has 0 atom stereocenters. The second-order valence-electron chi connectivity index (χ2n) is 3.99. The molecule has 0 fully saturated rings. The van der Waals surface area contributed by atoms with Crippen molar-refractivity contribution in [2.45, 2.75) is 13.0 Å². The minimum absolute atomic E-state index is 0.0191. The van der Waals surface area contributed by atoms with Crippen LogP contribution in [0, 0.1) is 0 Å². The minimum Gasteiger partial charge on any atom is -0.384 e. The zero-order chi connectivity index (χ0) is 13.4. The van der Waals surface area contributed by atoms with Crippen molar-refractivity contribution in [1.82, 2.24) is 4.72 Å². The molecule has 0 radical (unpaired) electrons. The molecular formula is C12H20N2O3S. The van der Waals surface area contributed by atoms with Gasteiger partial charge in [0.15, 0.2) is 0 Å². The molecule has 0 aliphatic carbocycles. The highest BCUT2D eigenvalue weighted by atomic mass is 32.2. The van der Waals surface area contributed by atoms with Crippen LogP contribution in [0.2, 0.25) is 0 Å². The maximum atomic E-state index is 11.5. The topological polar surface area (TPSA) is 81.4 Å². The predicted molar refractivity (Wildman–Crippen MR) is 71.7 cm³/mol. The van der Waals surface area contributed by atoms with Gasteiger partial charge in [0.1, 0.15) is 0 Å². The van der Waals surface area contributed by atoms with Crippen molar-refractivity contribution in [2.75, 3.05) is 26.0 Å². The highest BCUT2D eigenvalue weighted by Gasteiger charge is 2.08. The van der Waals surface area contributed by atoms with E-state index in [2.05, 4.69) is 4.72 Å². The zero-order valence-electron chi connectivity index (χ0n) is 10.6. The first-order valence-corrected chi connectivity index (χ1v) is 7.47. The molecule has 6 heteroatoms. The third-order valence-electron chi connectivity index (χ3n) is 2.51. The molecule has 1 rings (SSSR count). The van der Waals surface area contributed by atoms with E-state index in [-0.39, 0.29) is 12.4 Å². The molecule has 5 nitrogen and oxygen atoms in total. The van der Waals surface area contributed by atoms with Crippen LogP contribution in [0.3, 0.4) is 0 Å². The molecule has 1 aromatic carbocycles. The summed E-state index contributed by atoms with van der Waals surface area (Å²) in [5.74, 6) is -0.0191. The van der Waals surface area contributed by atoms with Crippen LogP contribution in [0.5, 0.6) is 0 Å². The molecule has 0 aliphatic rings. The summed E-state index contributed by atoms with van der Waals surface area (Å²) in [4.78, 5) is 0. The Morgan fingerprint density at radius 1 is 1.22 bits per heavy atom. The van der Waals surface area contributed by atoms with Crippen molar-refractivity contribution in [3.63, 3.8) is 0 Å². The van der Waals surface area contributed by atoms with Gasteiger partial charge in [0.05, 0.1) is 12.4 Å². The number of sulfonamides is 1. The normalized spacial score (nSPS) is 11.7. The molecule has 0 amide bonds. The Morgan fingerprint density at radius 2 is 1.83 bits per heavy atom. The first-order valence-electron chi connectivity index (χ1n) is 5.81. The van der Waals surface area contributed by atoms with E-state index >= 15 is 0 Å². The molecule has 3 N–H and O–H groups in total. The number of methoxy groups -OCH3 is 1. The van der Waals surface area contributed by atoms with Crippen molar-refractivity contribution >= 4 is 10.0 Å². The molecule has 0 aliphatic heterocycles. The van der Waals surface area contributed by atoms with Crippen molar-refractivity contribution < 1.29 is 13.2 Å². The van der Waals surface area contributed by atoms with Crippen LogP contribution in [0.1, 0.15) is 11.1 Å². The van der Waals surface area contributed by atoms with Crippen molar-refractivity contribution in [1.29, 1.82) is 0 Å². The van der Waals surface area contributed by atoms with Crippen LogP contribution >= 0.6 is 0 Å². The van der Waals surface area contributed by atoms with Crippen LogP contribution in [0.25, 0.3) is 0 Å². The second-order valence-corrected chi connectivity index (χ2v) is 5.91. The van der Waals surface area contributed by atoms with Crippen LogP contribution in [-0.2, 0) is 27.7 Å². The fourth-order valence-corrected chi connectivity index (χ4v) is 2.37. The average Bonchev–Trinajstić information content (AvgIpc) is 2.36. The number of nitrogens with one attached hydrogen (secondary N) is 1. The molecule has 102 valence electrons. The Balaban J connectivity index is 2.48. The summed E-state index contributed by atoms with van der Waals surface area (Å²) < 4.78 is 30.3. The molecule has 0 heterocycles. The third kappa shape index (κ3) is 5.59. The van der Waals surface area contributed by atoms with E-state index < -0.39 is 10.0 Å². The summed E-state index contributed by atoms with van der Waals surface area (Å²) in [5, 5.41) is 0. The molecule has 0 saturated carbocycles. The lowest BCUT2D eigenvalue weighted by Gasteiger charge is -2.07. The molecule has 0 spiro atoms. The first-order chi connectivity index (χ1) is 8.57. The van der Waals surface area contributed by atoms with Crippen molar-refractivity contribution in [3.8, 4) is 0 Å². The molecule has 18 heavy (non-hydrogen) atoms. The molecule has 0 bridgehead atoms. The SMILES string of the molecule is COCCS(=O)(=O)NCc1ccc(CCN)cc1. The fraction of sp³-hybridized carbons (Fsp3) is 0.500. The van der Waals surface area contributed by atoms with E-state index in [4.69, 9.17) is 10.5 Å². The first kappa shape index (κ1) is 15.1. The summed E-state index contributed by atoms with van der Waals surface area (Å²) in [5.41, 5.74) is 7.54. The van der Waals surface area contributed by atoms with E-state index in [1.165, 1.54) is 7.11 Å². The average molecular weight is 272 g/mol. The van der Waals surface area contributed by atoms with Gasteiger partial charge in [0.25, 0.3) is 0 Å². The number of rotatable bonds is 8. The van der Waals surface area contributed by atoms with Gasteiger partial charge in [-0.2, -0.15) is 0 Å². The van der Waals surface area contributed by atoms with E-state index in [0.717, 1.165) is 17.5 Å². The maximum Gasteiger partial charge on any atom is 0.214 e. The van der Waals surface area contributed by atoms with Gasteiger partial charge in [-0.1, -0.05) is 24.3 Å². The minimum atomic E-state index is -3.26. The Labute approximate surface area is 108 Å². The summed E-state index contributed by atoms with van der Waals surface area (Å²) in [7, 11) is -1.78. The predicted octanol–water partition coefficient (Wildman–Crippen LogP) is 0.254. The van der Waals surface area contributed by atoms with Crippen LogP contribution in [0.15, 0.2) is 24.3 Å². The monoisotopic (exact) mass is 272 g/mol. The summed E-state index contributed by atoms with van der Waals surface area (Å²) in [6.07, 6.45) is 0.833. The maximum absolute atomic E-state index is 11.5. The lowest BCUT2D eigenvalue weighted by atomic mass is 10.1. The van der Waals surface area contributed by atoms with Crippen LogP contribution < -0.4 is 10.5 Å². The number of hydrogen-bond acceptors (Lipinski definition) is 4. The van der Waals surface area contributed by atoms with E-state index in [9.17, 15) is 8.42 Å². The van der Waals surface area contributed by atoms with Gasteiger partial charge in [0, 0.05) is 13.7 Å². The highest BCUT2D eigenvalue weighted by molar-refractivity contribution is 7.89. The summed E-state index contributed by atoms with van der Waals surface area (Å²) in [6, 6.07) is 7.74. The van der Waals surface area contributed by atoms with E-state index in [1.807, 2.05) is 24.3 Å². The number of ether oxygens (including phenoxy) is 1. The number of nitrogens with two attached hydrogens (primary N) is 1. The molecule has 0 aromatic heterocycles. The van der Waals surface area contributed by atoms with Gasteiger partial charge in [-0.3, -0.25) is 0 Å². The van der Waals surface area contributed by atoms with Crippen molar-refractivity contribution in [3.05, 3.63) is 35.4 Å². The van der Waals surface area contributed by atoms with Crippen LogP contribution in [-0.4, -0.2) is 34.4 Å².